The van der Waals surface area contributed by atoms with Crippen LogP contribution in [0.3, 0.4) is 0 Å². The molecule has 2 atom stereocenters. The van der Waals surface area contributed by atoms with Gasteiger partial charge in [-0.1, -0.05) is 23.8 Å². The molecule has 2 N–H and O–H groups in total. The first-order valence-electron chi connectivity index (χ1n) is 7.68. The maximum absolute atomic E-state index is 12.1. The third-order valence-corrected chi connectivity index (χ3v) is 3.95. The van der Waals surface area contributed by atoms with Gasteiger partial charge in [0.05, 0.1) is 24.1 Å². The molecule has 2 aromatic rings. The molecule has 5 nitrogen and oxygen atoms in total. The summed E-state index contributed by atoms with van der Waals surface area (Å²) in [6.45, 7) is 2.39. The Kier molecular flexibility index (Phi) is 4.37. The number of hydrogen-bond acceptors (Lipinski definition) is 3. The van der Waals surface area contributed by atoms with E-state index in [4.69, 9.17) is 0 Å². The quantitative estimate of drug-likeness (QED) is 0.890. The van der Waals surface area contributed by atoms with Crippen molar-refractivity contribution in [3.05, 3.63) is 59.9 Å². The van der Waals surface area contributed by atoms with Crippen molar-refractivity contribution in [3.63, 3.8) is 0 Å². The monoisotopic (exact) mass is 309 g/mol. The van der Waals surface area contributed by atoms with E-state index in [1.54, 1.807) is 6.20 Å². The number of nitrogens with zero attached hydrogens (tertiary/aromatic N) is 1. The van der Waals surface area contributed by atoms with Gasteiger partial charge in [-0.3, -0.25) is 14.6 Å². The summed E-state index contributed by atoms with van der Waals surface area (Å²) in [5.41, 5.74) is 2.71. The maximum atomic E-state index is 12.1. The average Bonchev–Trinajstić information content (AvgIpc) is 3.36. The summed E-state index contributed by atoms with van der Waals surface area (Å²) in [6, 6.07) is 13.2. The van der Waals surface area contributed by atoms with Crippen molar-refractivity contribution < 1.29 is 9.59 Å². The highest BCUT2D eigenvalue weighted by atomic mass is 16.2. The molecular weight excluding hydrogens is 290 g/mol. The topological polar surface area (TPSA) is 71.1 Å². The van der Waals surface area contributed by atoms with Crippen LogP contribution in [0, 0.1) is 18.8 Å². The molecule has 1 heterocycles. The standard InChI is InChI=1S/C18H19N3O2/c1-12-5-7-13(8-6-12)21-18(23)16-10-15(16)17(22)20-11-14-4-2-3-9-19-14/h2-9,15-16H,10-11H2,1H3,(H,20,22)(H,21,23). The third kappa shape index (κ3) is 3.94. The second kappa shape index (κ2) is 6.60. The van der Waals surface area contributed by atoms with E-state index in [1.807, 2.05) is 49.4 Å². The molecule has 2 unspecified atom stereocenters. The Morgan fingerprint density at radius 3 is 2.52 bits per heavy atom. The molecule has 1 saturated carbocycles. The second-order valence-corrected chi connectivity index (χ2v) is 5.84. The number of nitrogens with one attached hydrogen (secondary N) is 2. The summed E-state index contributed by atoms with van der Waals surface area (Å²) >= 11 is 0. The average molecular weight is 309 g/mol. The summed E-state index contributed by atoms with van der Waals surface area (Å²) in [5.74, 6) is -0.643. The van der Waals surface area contributed by atoms with E-state index in [9.17, 15) is 9.59 Å². The molecule has 1 aliphatic carbocycles. The lowest BCUT2D eigenvalue weighted by molar-refractivity contribution is -0.125. The van der Waals surface area contributed by atoms with Crippen molar-refractivity contribution in [2.24, 2.45) is 11.8 Å². The Morgan fingerprint density at radius 2 is 1.83 bits per heavy atom. The zero-order valence-corrected chi connectivity index (χ0v) is 13.0. The van der Waals surface area contributed by atoms with Gasteiger partial charge in [-0.25, -0.2) is 0 Å². The number of benzene rings is 1. The van der Waals surface area contributed by atoms with Crippen LogP contribution in [-0.2, 0) is 16.1 Å². The van der Waals surface area contributed by atoms with Crippen LogP contribution in [-0.4, -0.2) is 16.8 Å². The summed E-state index contributed by atoms with van der Waals surface area (Å²) < 4.78 is 0. The SMILES string of the molecule is Cc1ccc(NC(=O)C2CC2C(=O)NCc2ccccn2)cc1. The molecule has 1 aliphatic rings. The van der Waals surface area contributed by atoms with Crippen molar-refractivity contribution in [3.8, 4) is 0 Å². The lowest BCUT2D eigenvalue weighted by atomic mass is 10.2. The van der Waals surface area contributed by atoms with Crippen LogP contribution in [0.4, 0.5) is 5.69 Å². The highest BCUT2D eigenvalue weighted by molar-refractivity contribution is 5.99. The van der Waals surface area contributed by atoms with Crippen LogP contribution in [0.2, 0.25) is 0 Å². The highest BCUT2D eigenvalue weighted by Crippen LogP contribution is 2.39. The minimum absolute atomic E-state index is 0.0836. The fourth-order valence-electron chi connectivity index (χ4n) is 2.46. The minimum Gasteiger partial charge on any atom is -0.350 e. The van der Waals surface area contributed by atoms with Crippen LogP contribution in [0.25, 0.3) is 0 Å². The van der Waals surface area contributed by atoms with Gasteiger partial charge in [0.2, 0.25) is 11.8 Å². The van der Waals surface area contributed by atoms with Crippen LogP contribution in [0.5, 0.6) is 0 Å². The largest absolute Gasteiger partial charge is 0.350 e. The molecule has 1 fully saturated rings. The number of amides is 2. The zero-order chi connectivity index (χ0) is 16.2. The molecule has 1 aromatic heterocycles. The highest BCUT2D eigenvalue weighted by Gasteiger charge is 2.47. The number of pyridine rings is 1. The number of carbonyl (C=O) groups is 2. The van der Waals surface area contributed by atoms with Crippen molar-refractivity contribution in [2.75, 3.05) is 5.32 Å². The zero-order valence-electron chi connectivity index (χ0n) is 13.0. The van der Waals surface area contributed by atoms with Crippen LogP contribution in [0.1, 0.15) is 17.7 Å². The van der Waals surface area contributed by atoms with E-state index < -0.39 is 0 Å². The maximum Gasteiger partial charge on any atom is 0.228 e. The number of aryl methyl sites for hydroxylation is 1. The molecule has 1 aromatic carbocycles. The number of rotatable bonds is 5. The Balaban J connectivity index is 1.47. The van der Waals surface area contributed by atoms with E-state index in [1.165, 1.54) is 0 Å². The first-order chi connectivity index (χ1) is 11.1. The molecule has 118 valence electrons. The Morgan fingerprint density at radius 1 is 1.09 bits per heavy atom. The van der Waals surface area contributed by atoms with E-state index in [0.717, 1.165) is 16.9 Å². The van der Waals surface area contributed by atoms with E-state index in [2.05, 4.69) is 15.6 Å². The lowest BCUT2D eigenvalue weighted by Crippen LogP contribution is -2.27. The van der Waals surface area contributed by atoms with Gasteiger partial charge in [-0.2, -0.15) is 0 Å². The molecule has 0 saturated heterocycles. The van der Waals surface area contributed by atoms with Gasteiger partial charge in [0.25, 0.3) is 0 Å². The predicted octanol–water partition coefficient (Wildman–Crippen LogP) is 2.28. The summed E-state index contributed by atoms with van der Waals surface area (Å²) in [6.07, 6.45) is 2.29. The van der Waals surface area contributed by atoms with Gasteiger partial charge in [-0.05, 0) is 37.6 Å². The molecule has 2 amide bonds. The van der Waals surface area contributed by atoms with E-state index in [0.29, 0.717) is 13.0 Å². The van der Waals surface area contributed by atoms with Crippen LogP contribution in [0.15, 0.2) is 48.7 Å². The number of aromatic nitrogens is 1. The Bertz CT molecular complexity index is 698. The van der Waals surface area contributed by atoms with Crippen LogP contribution >= 0.6 is 0 Å². The van der Waals surface area contributed by atoms with Gasteiger partial charge >= 0.3 is 0 Å². The van der Waals surface area contributed by atoms with Crippen molar-refractivity contribution in [2.45, 2.75) is 19.9 Å². The number of anilines is 1. The molecular formula is C18H19N3O2. The fraction of sp³-hybridized carbons (Fsp3) is 0.278. The molecule has 0 radical (unpaired) electrons. The Hall–Kier alpha value is -2.69. The third-order valence-electron chi connectivity index (χ3n) is 3.95. The first-order valence-corrected chi connectivity index (χ1v) is 7.68. The van der Waals surface area contributed by atoms with Crippen molar-refractivity contribution >= 4 is 17.5 Å². The molecule has 0 spiro atoms. The summed E-state index contributed by atoms with van der Waals surface area (Å²) in [5, 5.41) is 5.69. The van der Waals surface area contributed by atoms with Crippen LogP contribution < -0.4 is 10.6 Å². The number of carbonyl (C=O) groups excluding carboxylic acids is 2. The van der Waals surface area contributed by atoms with Gasteiger partial charge in [-0.15, -0.1) is 0 Å². The first kappa shape index (κ1) is 15.2. The van der Waals surface area contributed by atoms with E-state index >= 15 is 0 Å². The lowest BCUT2D eigenvalue weighted by Gasteiger charge is -2.06. The van der Waals surface area contributed by atoms with Crippen molar-refractivity contribution in [1.82, 2.24) is 10.3 Å². The second-order valence-electron chi connectivity index (χ2n) is 5.84. The molecule has 23 heavy (non-hydrogen) atoms. The van der Waals surface area contributed by atoms with Gasteiger partial charge in [0, 0.05) is 11.9 Å². The summed E-state index contributed by atoms with van der Waals surface area (Å²) in [4.78, 5) is 28.4. The molecule has 5 heteroatoms. The Labute approximate surface area is 135 Å². The van der Waals surface area contributed by atoms with Gasteiger partial charge < -0.3 is 10.6 Å². The molecule has 3 rings (SSSR count). The predicted molar refractivity (Wildman–Crippen MR) is 87.5 cm³/mol. The van der Waals surface area contributed by atoms with E-state index in [-0.39, 0.29) is 23.7 Å². The minimum atomic E-state index is -0.236. The molecule has 0 aliphatic heterocycles. The normalized spacial score (nSPS) is 19.0. The fourth-order valence-corrected chi connectivity index (χ4v) is 2.46. The van der Waals surface area contributed by atoms with Gasteiger partial charge in [0.1, 0.15) is 0 Å². The molecule has 0 bridgehead atoms. The van der Waals surface area contributed by atoms with Gasteiger partial charge in [0.15, 0.2) is 0 Å². The smallest absolute Gasteiger partial charge is 0.228 e. The number of hydrogen-bond donors (Lipinski definition) is 2. The summed E-state index contributed by atoms with van der Waals surface area (Å²) in [7, 11) is 0. The van der Waals surface area contributed by atoms with Crippen molar-refractivity contribution in [1.29, 1.82) is 0 Å².